The minimum absolute atomic E-state index is 0.0521. The summed E-state index contributed by atoms with van der Waals surface area (Å²) < 4.78 is 6.36. The number of primary amides is 1. The molecule has 0 fully saturated rings. The van der Waals surface area contributed by atoms with Crippen LogP contribution < -0.4 is 5.73 Å². The molecule has 0 unspecified atom stereocenters. The van der Waals surface area contributed by atoms with Crippen molar-refractivity contribution in [3.8, 4) is 0 Å². The quantitative estimate of drug-likeness (QED) is 0.749. The number of carbonyl (C=O) groups is 2. The van der Waals surface area contributed by atoms with E-state index in [-0.39, 0.29) is 23.7 Å². The number of nitrogens with zero attached hydrogens (tertiary/aromatic N) is 3. The maximum absolute atomic E-state index is 11.0. The third-order valence-corrected chi connectivity index (χ3v) is 2.05. The zero-order valence-corrected chi connectivity index (χ0v) is 9.01. The third kappa shape index (κ3) is 2.39. The van der Waals surface area contributed by atoms with Crippen LogP contribution in [0, 0.1) is 6.07 Å². The van der Waals surface area contributed by atoms with Gasteiger partial charge in [0, 0.05) is 25.3 Å². The standard InChI is InChI=1S/C10H9N4O3/c1-6(15)9-4-7(17-13-9)5-14-3-2-8(12-14)10(11)16/h3-4H,5H2,1H3,(H2,11,16). The van der Waals surface area contributed by atoms with Crippen LogP contribution in [0.3, 0.4) is 0 Å². The Morgan fingerprint density at radius 3 is 2.88 bits per heavy atom. The van der Waals surface area contributed by atoms with Gasteiger partial charge in [0.15, 0.2) is 17.2 Å². The molecule has 7 heteroatoms. The second kappa shape index (κ2) is 4.20. The molecule has 0 spiro atoms. The molecule has 0 aliphatic rings. The van der Waals surface area contributed by atoms with Gasteiger partial charge in [0.25, 0.3) is 5.91 Å². The highest BCUT2D eigenvalue weighted by molar-refractivity contribution is 5.92. The van der Waals surface area contributed by atoms with Crippen LogP contribution in [0.15, 0.2) is 16.8 Å². The van der Waals surface area contributed by atoms with Gasteiger partial charge in [0.05, 0.1) is 0 Å². The predicted molar refractivity (Wildman–Crippen MR) is 55.2 cm³/mol. The topological polar surface area (TPSA) is 104 Å². The molecule has 0 aromatic carbocycles. The van der Waals surface area contributed by atoms with Crippen LogP contribution in [0.2, 0.25) is 0 Å². The summed E-state index contributed by atoms with van der Waals surface area (Å²) in [7, 11) is 0. The summed E-state index contributed by atoms with van der Waals surface area (Å²) in [6, 6.07) is 4.13. The summed E-state index contributed by atoms with van der Waals surface area (Å²) in [5, 5.41) is 7.46. The molecule has 1 amide bonds. The van der Waals surface area contributed by atoms with Crippen LogP contribution in [-0.4, -0.2) is 26.6 Å². The Morgan fingerprint density at radius 1 is 1.59 bits per heavy atom. The van der Waals surface area contributed by atoms with E-state index in [9.17, 15) is 9.59 Å². The molecular weight excluding hydrogens is 224 g/mol. The Kier molecular flexibility index (Phi) is 2.73. The fraction of sp³-hybridized carbons (Fsp3) is 0.200. The van der Waals surface area contributed by atoms with Crippen molar-refractivity contribution in [2.75, 3.05) is 0 Å². The Bertz CT molecular complexity index is 519. The summed E-state index contributed by atoms with van der Waals surface area (Å²) >= 11 is 0. The van der Waals surface area contributed by atoms with E-state index >= 15 is 0 Å². The normalized spacial score (nSPS) is 10.4. The molecule has 0 bridgehead atoms. The highest BCUT2D eigenvalue weighted by atomic mass is 16.5. The van der Waals surface area contributed by atoms with Crippen molar-refractivity contribution in [2.24, 2.45) is 5.73 Å². The number of amides is 1. The Balaban J connectivity index is 2.13. The van der Waals surface area contributed by atoms with E-state index in [0.29, 0.717) is 5.76 Å². The average molecular weight is 233 g/mol. The van der Waals surface area contributed by atoms with Gasteiger partial charge >= 0.3 is 0 Å². The van der Waals surface area contributed by atoms with Gasteiger partial charge in [-0.1, -0.05) is 5.16 Å². The van der Waals surface area contributed by atoms with Gasteiger partial charge in [-0.25, -0.2) is 0 Å². The summed E-state index contributed by atoms with van der Waals surface area (Å²) in [6.07, 6.45) is 1.47. The second-order valence-corrected chi connectivity index (χ2v) is 3.42. The molecule has 1 radical (unpaired) electrons. The lowest BCUT2D eigenvalue weighted by atomic mass is 10.3. The van der Waals surface area contributed by atoms with Crippen molar-refractivity contribution in [1.82, 2.24) is 14.9 Å². The first-order chi connectivity index (χ1) is 8.06. The van der Waals surface area contributed by atoms with Gasteiger partial charge in [-0.05, 0) is 0 Å². The molecule has 0 aliphatic heterocycles. The summed E-state index contributed by atoms with van der Waals surface area (Å²) in [4.78, 5) is 21.8. The fourth-order valence-electron chi connectivity index (χ4n) is 1.24. The van der Waals surface area contributed by atoms with Crippen molar-refractivity contribution < 1.29 is 14.1 Å². The second-order valence-electron chi connectivity index (χ2n) is 3.42. The van der Waals surface area contributed by atoms with Crippen LogP contribution in [0.1, 0.15) is 33.7 Å². The van der Waals surface area contributed by atoms with E-state index in [1.807, 2.05) is 0 Å². The summed E-state index contributed by atoms with van der Waals surface area (Å²) in [6.45, 7) is 1.65. The number of nitrogens with two attached hydrogens (primary N) is 1. The van der Waals surface area contributed by atoms with E-state index in [0.717, 1.165) is 0 Å². The first-order valence-corrected chi connectivity index (χ1v) is 4.77. The molecule has 0 saturated carbocycles. The molecule has 17 heavy (non-hydrogen) atoms. The molecule has 0 saturated heterocycles. The number of carbonyl (C=O) groups excluding carboxylic acids is 2. The lowest BCUT2D eigenvalue weighted by Gasteiger charge is -1.94. The fourth-order valence-corrected chi connectivity index (χ4v) is 1.24. The first-order valence-electron chi connectivity index (χ1n) is 4.77. The van der Waals surface area contributed by atoms with Gasteiger partial charge in [0.2, 0.25) is 0 Å². The SMILES string of the molecule is CC(=O)c1cc(Cn2c[c]c(C(N)=O)n2)on1. The molecule has 2 N–H and O–H groups in total. The Labute approximate surface area is 96.2 Å². The van der Waals surface area contributed by atoms with Gasteiger partial charge in [-0.15, -0.1) is 0 Å². The highest BCUT2D eigenvalue weighted by Gasteiger charge is 2.10. The van der Waals surface area contributed by atoms with E-state index < -0.39 is 5.91 Å². The van der Waals surface area contributed by atoms with Crippen LogP contribution in [0.5, 0.6) is 0 Å². The van der Waals surface area contributed by atoms with Crippen molar-refractivity contribution in [1.29, 1.82) is 0 Å². The molecule has 2 aromatic rings. The van der Waals surface area contributed by atoms with Crippen LogP contribution in [-0.2, 0) is 6.54 Å². The number of hydrogen-bond donors (Lipinski definition) is 1. The van der Waals surface area contributed by atoms with Crippen molar-refractivity contribution in [2.45, 2.75) is 13.5 Å². The van der Waals surface area contributed by atoms with Gasteiger partial charge in [-0.2, -0.15) is 5.10 Å². The third-order valence-electron chi connectivity index (χ3n) is 2.05. The maximum atomic E-state index is 11.0. The summed E-state index contributed by atoms with van der Waals surface area (Å²) in [5.41, 5.74) is 5.35. The van der Waals surface area contributed by atoms with E-state index in [1.165, 1.54) is 23.9 Å². The van der Waals surface area contributed by atoms with E-state index in [2.05, 4.69) is 16.3 Å². The Morgan fingerprint density at radius 2 is 2.35 bits per heavy atom. The number of rotatable bonds is 4. The molecule has 7 nitrogen and oxygen atoms in total. The molecule has 2 rings (SSSR count). The largest absolute Gasteiger partial charge is 0.364 e. The molecule has 2 aromatic heterocycles. The molecular formula is C10H9N4O3. The predicted octanol–water partition coefficient (Wildman–Crippen LogP) is 0.0211. The number of hydrogen-bond acceptors (Lipinski definition) is 5. The van der Waals surface area contributed by atoms with Gasteiger partial charge in [0.1, 0.15) is 12.2 Å². The van der Waals surface area contributed by atoms with Crippen molar-refractivity contribution >= 4 is 11.7 Å². The lowest BCUT2D eigenvalue weighted by Crippen LogP contribution is -2.12. The average Bonchev–Trinajstić information content (AvgIpc) is 2.87. The first kappa shape index (κ1) is 11.1. The molecule has 0 aliphatic carbocycles. The van der Waals surface area contributed by atoms with Gasteiger partial charge in [-0.3, -0.25) is 14.3 Å². The number of Topliss-reactive ketones (excluding diaryl/α,β-unsaturated/α-hetero) is 1. The van der Waals surface area contributed by atoms with Crippen molar-refractivity contribution in [3.05, 3.63) is 35.5 Å². The van der Waals surface area contributed by atoms with Gasteiger partial charge < -0.3 is 10.3 Å². The smallest absolute Gasteiger partial charge is 0.269 e. The molecule has 87 valence electrons. The maximum Gasteiger partial charge on any atom is 0.269 e. The zero-order valence-electron chi connectivity index (χ0n) is 9.01. The summed E-state index contributed by atoms with van der Waals surface area (Å²) in [5.74, 6) is -0.363. The van der Waals surface area contributed by atoms with Crippen LogP contribution in [0.25, 0.3) is 0 Å². The molecule has 2 heterocycles. The van der Waals surface area contributed by atoms with E-state index in [4.69, 9.17) is 10.3 Å². The Hall–Kier alpha value is -2.44. The minimum atomic E-state index is -0.647. The van der Waals surface area contributed by atoms with Crippen LogP contribution in [0.4, 0.5) is 0 Å². The molecule has 0 atom stereocenters. The van der Waals surface area contributed by atoms with Crippen LogP contribution >= 0.6 is 0 Å². The van der Waals surface area contributed by atoms with Crippen molar-refractivity contribution in [3.63, 3.8) is 0 Å². The monoisotopic (exact) mass is 233 g/mol. The lowest BCUT2D eigenvalue weighted by molar-refractivity contribution is 0.0989. The highest BCUT2D eigenvalue weighted by Crippen LogP contribution is 2.06. The number of aromatic nitrogens is 3. The minimum Gasteiger partial charge on any atom is -0.364 e. The van der Waals surface area contributed by atoms with E-state index in [1.54, 1.807) is 0 Å². The zero-order chi connectivity index (χ0) is 12.4. The number of ketones is 1.